The van der Waals surface area contributed by atoms with Crippen LogP contribution in [0.5, 0.6) is 11.5 Å². The van der Waals surface area contributed by atoms with Crippen LogP contribution >= 0.6 is 0 Å². The first kappa shape index (κ1) is 15.4. The molecule has 0 amide bonds. The van der Waals surface area contributed by atoms with Gasteiger partial charge in [0.25, 0.3) is 0 Å². The number of carboxylic acid groups (broad SMARTS) is 1. The van der Waals surface area contributed by atoms with Crippen LogP contribution in [0.25, 0.3) is 0 Å². The Labute approximate surface area is 134 Å². The Morgan fingerprint density at radius 2 is 1.74 bits per heavy atom. The minimum atomic E-state index is -0.908. The van der Waals surface area contributed by atoms with Crippen LogP contribution in [0.2, 0.25) is 0 Å². The summed E-state index contributed by atoms with van der Waals surface area (Å²) < 4.78 is 11.3. The summed E-state index contributed by atoms with van der Waals surface area (Å²) in [5, 5.41) is 12.3. The van der Waals surface area contributed by atoms with Gasteiger partial charge in [0.05, 0.1) is 18.8 Å². The average molecular weight is 313 g/mol. The maximum Gasteiger partial charge on any atom is 0.335 e. The molecule has 0 saturated carbocycles. The number of carboxylic acids is 1. The third kappa shape index (κ3) is 4.02. The standard InChI is InChI=1S/C18H19NO4/c20-18(21)15-4-1-3-13(9-15)11-19-12-14-5-6-16-17(10-14)23-8-2-7-22-16/h1,3-6,9-10,19H,2,7-8,11-12H2,(H,20,21). The molecular weight excluding hydrogens is 294 g/mol. The Bertz CT molecular complexity index is 699. The van der Waals surface area contributed by atoms with Crippen LogP contribution in [0, 0.1) is 0 Å². The van der Waals surface area contributed by atoms with E-state index in [0.717, 1.165) is 29.0 Å². The van der Waals surface area contributed by atoms with Crippen LogP contribution < -0.4 is 14.8 Å². The highest BCUT2D eigenvalue weighted by molar-refractivity contribution is 5.87. The monoisotopic (exact) mass is 313 g/mol. The highest BCUT2D eigenvalue weighted by Gasteiger charge is 2.10. The number of fused-ring (bicyclic) bond motifs is 1. The lowest BCUT2D eigenvalue weighted by Gasteiger charge is -2.10. The molecule has 5 heteroatoms. The van der Waals surface area contributed by atoms with E-state index < -0.39 is 5.97 Å². The van der Waals surface area contributed by atoms with E-state index in [4.69, 9.17) is 14.6 Å². The van der Waals surface area contributed by atoms with Crippen molar-refractivity contribution in [2.45, 2.75) is 19.5 Å². The molecule has 5 nitrogen and oxygen atoms in total. The fourth-order valence-corrected chi connectivity index (χ4v) is 2.48. The van der Waals surface area contributed by atoms with E-state index in [9.17, 15) is 4.79 Å². The van der Waals surface area contributed by atoms with E-state index in [1.54, 1.807) is 18.2 Å². The molecule has 2 N–H and O–H groups in total. The molecular formula is C18H19NO4. The highest BCUT2D eigenvalue weighted by atomic mass is 16.5. The Kier molecular flexibility index (Phi) is 4.78. The van der Waals surface area contributed by atoms with Gasteiger partial charge in [-0.3, -0.25) is 0 Å². The summed E-state index contributed by atoms with van der Waals surface area (Å²) in [5.74, 6) is 0.671. The molecule has 23 heavy (non-hydrogen) atoms. The van der Waals surface area contributed by atoms with Gasteiger partial charge in [-0.2, -0.15) is 0 Å². The number of aromatic carboxylic acids is 1. The SMILES string of the molecule is O=C(O)c1cccc(CNCc2ccc3c(c2)OCCCO3)c1. The first-order valence-electron chi connectivity index (χ1n) is 7.64. The summed E-state index contributed by atoms with van der Waals surface area (Å²) in [4.78, 5) is 11.0. The maximum atomic E-state index is 11.0. The molecule has 0 aromatic heterocycles. The Morgan fingerprint density at radius 3 is 2.52 bits per heavy atom. The van der Waals surface area contributed by atoms with Crippen molar-refractivity contribution >= 4 is 5.97 Å². The first-order chi connectivity index (χ1) is 11.2. The Hall–Kier alpha value is -2.53. The van der Waals surface area contributed by atoms with Crippen molar-refractivity contribution in [3.05, 3.63) is 59.2 Å². The van der Waals surface area contributed by atoms with E-state index in [-0.39, 0.29) is 0 Å². The van der Waals surface area contributed by atoms with Crippen LogP contribution in [0.1, 0.15) is 27.9 Å². The molecule has 2 aromatic carbocycles. The molecule has 1 aliphatic heterocycles. The molecule has 0 spiro atoms. The summed E-state index contributed by atoms with van der Waals surface area (Å²) in [6.07, 6.45) is 0.891. The van der Waals surface area contributed by atoms with E-state index >= 15 is 0 Å². The first-order valence-corrected chi connectivity index (χ1v) is 7.64. The summed E-state index contributed by atoms with van der Waals surface area (Å²) in [7, 11) is 0. The number of ether oxygens (including phenoxy) is 2. The molecule has 0 fully saturated rings. The Balaban J connectivity index is 1.59. The zero-order valence-electron chi connectivity index (χ0n) is 12.7. The van der Waals surface area contributed by atoms with E-state index in [1.807, 2.05) is 24.3 Å². The number of hydrogen-bond donors (Lipinski definition) is 2. The van der Waals surface area contributed by atoms with Gasteiger partial charge in [-0.05, 0) is 35.4 Å². The molecule has 0 radical (unpaired) electrons. The molecule has 0 saturated heterocycles. The molecule has 0 atom stereocenters. The minimum absolute atomic E-state index is 0.305. The van der Waals surface area contributed by atoms with E-state index in [1.165, 1.54) is 0 Å². The zero-order valence-corrected chi connectivity index (χ0v) is 12.7. The van der Waals surface area contributed by atoms with Crippen LogP contribution in [-0.4, -0.2) is 24.3 Å². The van der Waals surface area contributed by atoms with Crippen molar-refractivity contribution in [1.29, 1.82) is 0 Å². The largest absolute Gasteiger partial charge is 0.490 e. The lowest BCUT2D eigenvalue weighted by molar-refractivity contribution is 0.0696. The normalized spacial score (nSPS) is 13.4. The van der Waals surface area contributed by atoms with Gasteiger partial charge in [-0.15, -0.1) is 0 Å². The number of benzene rings is 2. The summed E-state index contributed by atoms with van der Waals surface area (Å²) in [6, 6.07) is 12.9. The lowest BCUT2D eigenvalue weighted by Crippen LogP contribution is -2.13. The predicted octanol–water partition coefficient (Wildman–Crippen LogP) is 2.84. The van der Waals surface area contributed by atoms with Crippen molar-refractivity contribution in [3.8, 4) is 11.5 Å². The molecule has 1 aliphatic rings. The number of nitrogens with one attached hydrogen (secondary N) is 1. The zero-order chi connectivity index (χ0) is 16.1. The minimum Gasteiger partial charge on any atom is -0.490 e. The maximum absolute atomic E-state index is 11.0. The van der Waals surface area contributed by atoms with Crippen molar-refractivity contribution in [2.24, 2.45) is 0 Å². The van der Waals surface area contributed by atoms with Crippen molar-refractivity contribution in [3.63, 3.8) is 0 Å². The highest BCUT2D eigenvalue weighted by Crippen LogP contribution is 2.30. The van der Waals surface area contributed by atoms with E-state index in [0.29, 0.717) is 31.9 Å². The average Bonchev–Trinajstić information content (AvgIpc) is 2.80. The van der Waals surface area contributed by atoms with Gasteiger partial charge in [0.1, 0.15) is 0 Å². The predicted molar refractivity (Wildman–Crippen MR) is 86.0 cm³/mol. The van der Waals surface area contributed by atoms with Gasteiger partial charge in [-0.25, -0.2) is 4.79 Å². The van der Waals surface area contributed by atoms with Gasteiger partial charge in [0.2, 0.25) is 0 Å². The second-order valence-electron chi connectivity index (χ2n) is 5.44. The summed E-state index contributed by atoms with van der Waals surface area (Å²) >= 11 is 0. The molecule has 1 heterocycles. The second kappa shape index (κ2) is 7.15. The summed E-state index contributed by atoms with van der Waals surface area (Å²) in [5.41, 5.74) is 2.35. The molecule has 2 aromatic rings. The third-order valence-electron chi connectivity index (χ3n) is 3.64. The van der Waals surface area contributed by atoms with Crippen molar-refractivity contribution in [1.82, 2.24) is 5.32 Å². The molecule has 0 bridgehead atoms. The fourth-order valence-electron chi connectivity index (χ4n) is 2.48. The summed E-state index contributed by atoms with van der Waals surface area (Å²) in [6.45, 7) is 2.64. The smallest absolute Gasteiger partial charge is 0.335 e. The fraction of sp³-hybridized carbons (Fsp3) is 0.278. The van der Waals surface area contributed by atoms with Crippen LogP contribution in [-0.2, 0) is 13.1 Å². The topological polar surface area (TPSA) is 67.8 Å². The molecule has 0 aliphatic carbocycles. The van der Waals surface area contributed by atoms with Crippen LogP contribution in [0.4, 0.5) is 0 Å². The number of hydrogen-bond acceptors (Lipinski definition) is 4. The van der Waals surface area contributed by atoms with Gasteiger partial charge < -0.3 is 19.9 Å². The number of carbonyl (C=O) groups is 1. The van der Waals surface area contributed by atoms with Crippen molar-refractivity contribution < 1.29 is 19.4 Å². The van der Waals surface area contributed by atoms with Crippen molar-refractivity contribution in [2.75, 3.05) is 13.2 Å². The van der Waals surface area contributed by atoms with Crippen LogP contribution in [0.3, 0.4) is 0 Å². The molecule has 120 valence electrons. The second-order valence-corrected chi connectivity index (χ2v) is 5.44. The van der Waals surface area contributed by atoms with Gasteiger partial charge in [-0.1, -0.05) is 18.2 Å². The van der Waals surface area contributed by atoms with Crippen LogP contribution in [0.15, 0.2) is 42.5 Å². The molecule has 0 unspecified atom stereocenters. The van der Waals surface area contributed by atoms with Gasteiger partial charge >= 0.3 is 5.97 Å². The quantitative estimate of drug-likeness (QED) is 0.888. The lowest BCUT2D eigenvalue weighted by atomic mass is 10.1. The van der Waals surface area contributed by atoms with Gasteiger partial charge in [0, 0.05) is 19.5 Å². The van der Waals surface area contributed by atoms with Gasteiger partial charge in [0.15, 0.2) is 11.5 Å². The number of rotatable bonds is 5. The van der Waals surface area contributed by atoms with E-state index in [2.05, 4.69) is 5.32 Å². The Morgan fingerprint density at radius 1 is 1.00 bits per heavy atom. The molecule has 3 rings (SSSR count). The third-order valence-corrected chi connectivity index (χ3v) is 3.64.